The van der Waals surface area contributed by atoms with E-state index in [1.807, 2.05) is 23.1 Å². The Kier molecular flexibility index (Phi) is 6.46. The van der Waals surface area contributed by atoms with E-state index >= 15 is 0 Å². The molecule has 0 aliphatic carbocycles. The molecule has 2 aliphatic heterocycles. The fourth-order valence-corrected chi connectivity index (χ4v) is 5.85. The minimum atomic E-state index is -4.31. The highest BCUT2D eigenvalue weighted by molar-refractivity contribution is 7.21. The van der Waals surface area contributed by atoms with Crippen molar-refractivity contribution in [3.8, 4) is 0 Å². The van der Waals surface area contributed by atoms with Gasteiger partial charge in [0.1, 0.15) is 10.9 Å². The van der Waals surface area contributed by atoms with Gasteiger partial charge in [-0.3, -0.25) is 4.79 Å². The van der Waals surface area contributed by atoms with Crippen molar-refractivity contribution in [2.24, 2.45) is 5.73 Å². The summed E-state index contributed by atoms with van der Waals surface area (Å²) in [6, 6.07) is 4.03. The molecule has 0 radical (unpaired) electrons. The molecule has 1 aromatic heterocycles. The summed E-state index contributed by atoms with van der Waals surface area (Å²) < 4.78 is 39.0. The molecule has 4 rings (SSSR count). The van der Waals surface area contributed by atoms with Gasteiger partial charge in [0.05, 0.1) is 10.6 Å². The van der Waals surface area contributed by atoms with Crippen LogP contribution < -0.4 is 16.4 Å². The molecule has 3 heterocycles. The summed E-state index contributed by atoms with van der Waals surface area (Å²) in [5.41, 5.74) is 7.26. The molecule has 1 spiro atoms. The first-order valence-electron chi connectivity index (χ1n) is 10.6. The summed E-state index contributed by atoms with van der Waals surface area (Å²) in [6.45, 7) is 3.52. The molecule has 2 aromatic rings. The summed E-state index contributed by atoms with van der Waals surface area (Å²) in [5, 5.41) is 7.22. The normalized spacial score (nSPS) is 19.5. The Labute approximate surface area is 193 Å². The number of nitrogens with two attached hydrogens (primary N) is 1. The van der Waals surface area contributed by atoms with Gasteiger partial charge in [-0.05, 0) is 56.1 Å². The SMILES string of the molecule is CC(NC/C(=C\N)Cc1ccc2c(Cl)c(C(=O)N3CC4(CCCN4)C3)sc2c1)C(F)(F)F. The Bertz CT molecular complexity index is 1040. The van der Waals surface area contributed by atoms with Gasteiger partial charge in [0, 0.05) is 29.7 Å². The topological polar surface area (TPSA) is 70.4 Å². The van der Waals surface area contributed by atoms with Crippen molar-refractivity contribution in [2.75, 3.05) is 26.2 Å². The van der Waals surface area contributed by atoms with Gasteiger partial charge in [-0.2, -0.15) is 13.2 Å². The molecule has 0 saturated carbocycles. The molecule has 2 aliphatic rings. The summed E-state index contributed by atoms with van der Waals surface area (Å²) in [6.07, 6.45) is -0.331. The average molecular weight is 487 g/mol. The molecule has 1 amide bonds. The number of hydrogen-bond acceptors (Lipinski definition) is 5. The number of likely N-dealkylation sites (tertiary alicyclic amines) is 1. The Morgan fingerprint density at radius 1 is 1.44 bits per heavy atom. The zero-order valence-electron chi connectivity index (χ0n) is 17.7. The van der Waals surface area contributed by atoms with Gasteiger partial charge in [-0.25, -0.2) is 0 Å². The zero-order valence-corrected chi connectivity index (χ0v) is 19.3. The van der Waals surface area contributed by atoms with Gasteiger partial charge in [0.25, 0.3) is 5.91 Å². The molecule has 4 N–H and O–H groups in total. The average Bonchev–Trinajstić information content (AvgIpc) is 3.34. The third kappa shape index (κ3) is 4.62. The van der Waals surface area contributed by atoms with E-state index in [4.69, 9.17) is 17.3 Å². The van der Waals surface area contributed by atoms with Crippen LogP contribution in [0.1, 0.15) is 35.0 Å². The molecule has 1 unspecified atom stereocenters. The number of halogens is 4. The molecule has 2 fully saturated rings. The summed E-state index contributed by atoms with van der Waals surface area (Å²) in [4.78, 5) is 15.4. The van der Waals surface area contributed by atoms with E-state index < -0.39 is 12.2 Å². The fraction of sp³-hybridized carbons (Fsp3) is 0.500. The van der Waals surface area contributed by atoms with Crippen molar-refractivity contribution in [3.63, 3.8) is 0 Å². The highest BCUT2D eigenvalue weighted by Gasteiger charge is 2.47. The maximum Gasteiger partial charge on any atom is 0.403 e. The van der Waals surface area contributed by atoms with E-state index in [2.05, 4.69) is 10.6 Å². The predicted octanol–water partition coefficient (Wildman–Crippen LogP) is 4.06. The second-order valence-corrected chi connectivity index (χ2v) is 10.1. The minimum absolute atomic E-state index is 0.0366. The van der Waals surface area contributed by atoms with Crippen molar-refractivity contribution in [3.05, 3.63) is 45.4 Å². The zero-order chi connectivity index (χ0) is 23.1. The first-order chi connectivity index (χ1) is 15.1. The van der Waals surface area contributed by atoms with E-state index in [1.165, 1.54) is 17.5 Å². The maximum absolute atomic E-state index is 13.0. The van der Waals surface area contributed by atoms with Crippen LogP contribution in [-0.4, -0.2) is 54.7 Å². The van der Waals surface area contributed by atoms with Crippen LogP contribution in [0.4, 0.5) is 13.2 Å². The van der Waals surface area contributed by atoms with Crippen LogP contribution >= 0.6 is 22.9 Å². The molecule has 1 aromatic carbocycles. The van der Waals surface area contributed by atoms with Gasteiger partial charge in [0.15, 0.2) is 0 Å². The lowest BCUT2D eigenvalue weighted by Gasteiger charge is -2.48. The van der Waals surface area contributed by atoms with Crippen molar-refractivity contribution in [2.45, 2.75) is 43.9 Å². The van der Waals surface area contributed by atoms with Crippen molar-refractivity contribution >= 4 is 38.9 Å². The lowest BCUT2D eigenvalue weighted by Crippen LogP contribution is -2.67. The number of benzene rings is 1. The van der Waals surface area contributed by atoms with Crippen LogP contribution in [-0.2, 0) is 6.42 Å². The maximum atomic E-state index is 13.0. The Morgan fingerprint density at radius 2 is 2.19 bits per heavy atom. The monoisotopic (exact) mass is 486 g/mol. The van der Waals surface area contributed by atoms with Crippen LogP contribution in [0.15, 0.2) is 30.0 Å². The summed E-state index contributed by atoms with van der Waals surface area (Å²) in [7, 11) is 0. The first kappa shape index (κ1) is 23.4. The van der Waals surface area contributed by atoms with Gasteiger partial charge in [-0.1, -0.05) is 23.7 Å². The van der Waals surface area contributed by atoms with Crippen LogP contribution in [0.5, 0.6) is 0 Å². The van der Waals surface area contributed by atoms with Crippen LogP contribution in [0, 0.1) is 0 Å². The number of nitrogens with one attached hydrogen (secondary N) is 2. The lowest BCUT2D eigenvalue weighted by molar-refractivity contribution is -0.150. The van der Waals surface area contributed by atoms with E-state index in [9.17, 15) is 18.0 Å². The molecular weight excluding hydrogens is 461 g/mol. The van der Waals surface area contributed by atoms with Gasteiger partial charge >= 0.3 is 6.18 Å². The van der Waals surface area contributed by atoms with E-state index in [0.717, 1.165) is 42.0 Å². The smallest absolute Gasteiger partial charge is 0.403 e. The number of hydrogen-bond donors (Lipinski definition) is 3. The molecular formula is C22H26ClF3N4OS. The highest BCUT2D eigenvalue weighted by Crippen LogP contribution is 2.39. The molecule has 32 heavy (non-hydrogen) atoms. The van der Waals surface area contributed by atoms with Crippen LogP contribution in [0.3, 0.4) is 0 Å². The largest absolute Gasteiger partial charge is 0.405 e. The van der Waals surface area contributed by atoms with Crippen molar-refractivity contribution in [1.29, 1.82) is 0 Å². The molecule has 5 nitrogen and oxygen atoms in total. The van der Waals surface area contributed by atoms with Gasteiger partial charge in [0.2, 0.25) is 0 Å². The van der Waals surface area contributed by atoms with Crippen LogP contribution in [0.2, 0.25) is 5.02 Å². The van der Waals surface area contributed by atoms with E-state index in [-0.39, 0.29) is 18.0 Å². The number of rotatable bonds is 6. The van der Waals surface area contributed by atoms with Crippen LogP contribution in [0.25, 0.3) is 10.1 Å². The Morgan fingerprint density at radius 3 is 2.81 bits per heavy atom. The summed E-state index contributed by atoms with van der Waals surface area (Å²) >= 11 is 7.89. The standard InChI is InChI=1S/C22H26ClF3N4OS/c1-13(22(24,25)26)28-10-15(9-27)7-14-3-4-16-17(8-14)32-19(18(16)23)20(31)30-11-21(12-30)5-2-6-29-21/h3-4,8-9,13,28-29H,2,5-7,10-12,27H2,1H3/b15-9-. The first-order valence-corrected chi connectivity index (χ1v) is 11.8. The molecule has 174 valence electrons. The molecule has 1 atom stereocenters. The predicted molar refractivity (Wildman–Crippen MR) is 122 cm³/mol. The highest BCUT2D eigenvalue weighted by atomic mass is 35.5. The number of nitrogens with zero attached hydrogens (tertiary/aromatic N) is 1. The quantitative estimate of drug-likeness (QED) is 0.576. The number of alkyl halides is 3. The van der Waals surface area contributed by atoms with E-state index in [1.54, 1.807) is 0 Å². The third-order valence-corrected chi connectivity index (χ3v) is 7.93. The second kappa shape index (κ2) is 8.85. The number of carbonyl (C=O) groups is 1. The number of fused-ring (bicyclic) bond motifs is 1. The molecule has 2 saturated heterocycles. The number of thiophene rings is 1. The Hall–Kier alpha value is -1.81. The summed E-state index contributed by atoms with van der Waals surface area (Å²) in [5.74, 6) is -0.0510. The van der Waals surface area contributed by atoms with Crippen molar-refractivity contribution < 1.29 is 18.0 Å². The lowest BCUT2D eigenvalue weighted by atomic mass is 9.88. The van der Waals surface area contributed by atoms with E-state index in [0.29, 0.717) is 35.0 Å². The Balaban J connectivity index is 1.44. The third-order valence-electron chi connectivity index (χ3n) is 6.29. The number of amides is 1. The minimum Gasteiger partial charge on any atom is -0.405 e. The van der Waals surface area contributed by atoms with Crippen molar-refractivity contribution in [1.82, 2.24) is 15.5 Å². The molecule has 0 bridgehead atoms. The second-order valence-electron chi connectivity index (χ2n) is 8.69. The van der Waals surface area contributed by atoms with Gasteiger partial charge < -0.3 is 21.3 Å². The number of carbonyl (C=O) groups excluding carboxylic acids is 1. The van der Waals surface area contributed by atoms with Gasteiger partial charge in [-0.15, -0.1) is 11.3 Å². The fourth-order valence-electron chi connectivity index (χ4n) is 4.31. The molecule has 10 heteroatoms.